The van der Waals surface area contributed by atoms with E-state index in [1.807, 2.05) is 6.07 Å². The second-order valence-electron chi connectivity index (χ2n) is 3.41. The molecule has 2 rings (SSSR count). The van der Waals surface area contributed by atoms with Crippen molar-refractivity contribution in [3.63, 3.8) is 0 Å². The van der Waals surface area contributed by atoms with Crippen LogP contribution in [0.15, 0.2) is 47.1 Å². The van der Waals surface area contributed by atoms with E-state index in [1.165, 1.54) is 19.3 Å². The van der Waals surface area contributed by atoms with Gasteiger partial charge in [0.05, 0.1) is 11.8 Å². The second-order valence-corrected chi connectivity index (χ2v) is 3.41. The molecule has 0 aliphatic heterocycles. The normalized spacial score (nSPS) is 10.1. The summed E-state index contributed by atoms with van der Waals surface area (Å²) in [5.41, 5.74) is 0.866. The molecule has 0 aliphatic rings. The van der Waals surface area contributed by atoms with Crippen LogP contribution in [0.1, 0.15) is 33.4 Å². The second kappa shape index (κ2) is 4.14. The number of carbonyl (C=O) groups excluding carboxylic acids is 2. The molecule has 3 heteroatoms. The Bertz CT molecular complexity index is 523. The molecule has 0 N–H and O–H groups in total. The van der Waals surface area contributed by atoms with E-state index >= 15 is 0 Å². The minimum absolute atomic E-state index is 0.119. The van der Waals surface area contributed by atoms with E-state index in [0.717, 1.165) is 0 Å². The molecular formula is C13H10O3. The molecule has 1 heterocycles. The highest BCUT2D eigenvalue weighted by Crippen LogP contribution is 2.16. The predicted molar refractivity (Wildman–Crippen MR) is 58.6 cm³/mol. The Kier molecular flexibility index (Phi) is 2.68. The zero-order valence-corrected chi connectivity index (χ0v) is 8.77. The van der Waals surface area contributed by atoms with Gasteiger partial charge in [-0.05, 0) is 6.07 Å². The van der Waals surface area contributed by atoms with Gasteiger partial charge in [0.15, 0.2) is 17.3 Å². The van der Waals surface area contributed by atoms with Crippen LogP contribution in [0.25, 0.3) is 0 Å². The zero-order valence-electron chi connectivity index (χ0n) is 8.77. The first kappa shape index (κ1) is 10.4. The van der Waals surface area contributed by atoms with Gasteiger partial charge >= 0.3 is 0 Å². The Balaban J connectivity index is 2.42. The average molecular weight is 214 g/mol. The summed E-state index contributed by atoms with van der Waals surface area (Å²) in [6, 6.07) is 10.3. The van der Waals surface area contributed by atoms with Gasteiger partial charge in [-0.25, -0.2) is 0 Å². The Morgan fingerprint density at radius 3 is 2.38 bits per heavy atom. The predicted octanol–water partition coefficient (Wildman–Crippen LogP) is 2.71. The van der Waals surface area contributed by atoms with Gasteiger partial charge in [-0.2, -0.15) is 0 Å². The summed E-state index contributed by atoms with van der Waals surface area (Å²) >= 11 is 0. The molecule has 3 nitrogen and oxygen atoms in total. The Morgan fingerprint density at radius 2 is 1.75 bits per heavy atom. The minimum atomic E-state index is -0.246. The molecule has 0 radical (unpaired) electrons. The molecule has 80 valence electrons. The van der Waals surface area contributed by atoms with Crippen LogP contribution in [0.4, 0.5) is 0 Å². The van der Waals surface area contributed by atoms with Crippen LogP contribution < -0.4 is 0 Å². The molecule has 1 aromatic carbocycles. The van der Waals surface area contributed by atoms with Crippen LogP contribution >= 0.6 is 0 Å². The lowest BCUT2D eigenvalue weighted by atomic mass is 10.0. The molecule has 0 bridgehead atoms. The number of Topliss-reactive ketones (excluding diaryl/α,β-unsaturated/α-hetero) is 1. The van der Waals surface area contributed by atoms with Gasteiger partial charge in [-0.1, -0.05) is 30.3 Å². The van der Waals surface area contributed by atoms with Gasteiger partial charge < -0.3 is 4.42 Å². The fraction of sp³-hybridized carbons (Fsp3) is 0.0769. The lowest BCUT2D eigenvalue weighted by Gasteiger charge is -1.99. The SMILES string of the molecule is CC(=O)c1occc1C(=O)c1ccccc1. The first-order valence-corrected chi connectivity index (χ1v) is 4.88. The van der Waals surface area contributed by atoms with Crippen molar-refractivity contribution in [3.05, 3.63) is 59.5 Å². The smallest absolute Gasteiger partial charge is 0.197 e. The van der Waals surface area contributed by atoms with Gasteiger partial charge in [0.1, 0.15) is 0 Å². The molecule has 16 heavy (non-hydrogen) atoms. The van der Waals surface area contributed by atoms with Crippen molar-refractivity contribution in [1.29, 1.82) is 0 Å². The number of carbonyl (C=O) groups is 2. The standard InChI is InChI=1S/C13H10O3/c1-9(14)13-11(7-8-16-13)12(15)10-5-3-2-4-6-10/h2-8H,1H3. The summed E-state index contributed by atoms with van der Waals surface area (Å²) in [4.78, 5) is 23.2. The number of furan rings is 1. The average Bonchev–Trinajstić information content (AvgIpc) is 2.78. The first-order chi connectivity index (χ1) is 7.70. The van der Waals surface area contributed by atoms with Crippen molar-refractivity contribution in [2.45, 2.75) is 6.92 Å². The summed E-state index contributed by atoms with van der Waals surface area (Å²) in [6.45, 7) is 1.38. The highest BCUT2D eigenvalue weighted by molar-refractivity contribution is 6.14. The number of hydrogen-bond acceptors (Lipinski definition) is 3. The van der Waals surface area contributed by atoms with Gasteiger partial charge in [0.25, 0.3) is 0 Å². The Morgan fingerprint density at radius 1 is 1.06 bits per heavy atom. The third-order valence-corrected chi connectivity index (χ3v) is 2.27. The van der Waals surface area contributed by atoms with E-state index in [2.05, 4.69) is 0 Å². The van der Waals surface area contributed by atoms with Crippen LogP contribution in [0.5, 0.6) is 0 Å². The minimum Gasteiger partial charge on any atom is -0.460 e. The fourth-order valence-electron chi connectivity index (χ4n) is 1.51. The third-order valence-electron chi connectivity index (χ3n) is 2.27. The summed E-state index contributed by atoms with van der Waals surface area (Å²) in [5, 5.41) is 0. The van der Waals surface area contributed by atoms with E-state index in [0.29, 0.717) is 11.1 Å². The van der Waals surface area contributed by atoms with Crippen LogP contribution in [0.2, 0.25) is 0 Å². The fourth-order valence-corrected chi connectivity index (χ4v) is 1.51. The van der Waals surface area contributed by atoms with Crippen LogP contribution in [-0.2, 0) is 0 Å². The largest absolute Gasteiger partial charge is 0.460 e. The van der Waals surface area contributed by atoms with E-state index in [-0.39, 0.29) is 17.3 Å². The van der Waals surface area contributed by atoms with E-state index in [4.69, 9.17) is 4.42 Å². The summed E-state index contributed by atoms with van der Waals surface area (Å²) < 4.78 is 5.00. The summed E-state index contributed by atoms with van der Waals surface area (Å²) in [6.07, 6.45) is 1.35. The number of ketones is 2. The van der Waals surface area contributed by atoms with E-state index in [1.54, 1.807) is 24.3 Å². The van der Waals surface area contributed by atoms with Crippen molar-refractivity contribution in [1.82, 2.24) is 0 Å². The van der Waals surface area contributed by atoms with Crippen molar-refractivity contribution < 1.29 is 14.0 Å². The van der Waals surface area contributed by atoms with E-state index < -0.39 is 0 Å². The number of benzene rings is 1. The Labute approximate surface area is 92.7 Å². The van der Waals surface area contributed by atoms with Crippen molar-refractivity contribution in [3.8, 4) is 0 Å². The molecule has 0 spiro atoms. The van der Waals surface area contributed by atoms with Crippen LogP contribution in [-0.4, -0.2) is 11.6 Å². The van der Waals surface area contributed by atoms with Gasteiger partial charge in [-0.3, -0.25) is 9.59 Å². The Hall–Kier alpha value is -2.16. The molecule has 0 atom stereocenters. The van der Waals surface area contributed by atoms with Crippen LogP contribution in [0.3, 0.4) is 0 Å². The maximum absolute atomic E-state index is 12.0. The maximum Gasteiger partial charge on any atom is 0.197 e. The van der Waals surface area contributed by atoms with Gasteiger partial charge in [-0.15, -0.1) is 0 Å². The monoisotopic (exact) mass is 214 g/mol. The highest BCUT2D eigenvalue weighted by Gasteiger charge is 2.18. The third kappa shape index (κ3) is 1.80. The summed E-state index contributed by atoms with van der Waals surface area (Å²) in [5.74, 6) is -0.322. The molecule has 2 aromatic rings. The molecular weight excluding hydrogens is 204 g/mol. The molecule has 0 aliphatic carbocycles. The molecule has 0 amide bonds. The quantitative estimate of drug-likeness (QED) is 0.738. The lowest BCUT2D eigenvalue weighted by Crippen LogP contribution is -2.05. The topological polar surface area (TPSA) is 47.3 Å². The molecule has 0 unspecified atom stereocenters. The molecule has 0 fully saturated rings. The number of hydrogen-bond donors (Lipinski definition) is 0. The molecule has 0 saturated carbocycles. The van der Waals surface area contributed by atoms with E-state index in [9.17, 15) is 9.59 Å². The van der Waals surface area contributed by atoms with Crippen molar-refractivity contribution in [2.75, 3.05) is 0 Å². The first-order valence-electron chi connectivity index (χ1n) is 4.88. The molecule has 0 saturated heterocycles. The summed E-state index contributed by atoms with van der Waals surface area (Å²) in [7, 11) is 0. The lowest BCUT2D eigenvalue weighted by molar-refractivity contribution is 0.0968. The van der Waals surface area contributed by atoms with Crippen LogP contribution in [0, 0.1) is 0 Å². The number of rotatable bonds is 3. The van der Waals surface area contributed by atoms with Crippen molar-refractivity contribution in [2.24, 2.45) is 0 Å². The molecule has 1 aromatic heterocycles. The zero-order chi connectivity index (χ0) is 11.5. The van der Waals surface area contributed by atoms with Gasteiger partial charge in [0, 0.05) is 12.5 Å². The maximum atomic E-state index is 12.0. The highest BCUT2D eigenvalue weighted by atomic mass is 16.3. The van der Waals surface area contributed by atoms with Crippen molar-refractivity contribution >= 4 is 11.6 Å². The van der Waals surface area contributed by atoms with Gasteiger partial charge in [0.2, 0.25) is 0 Å².